The van der Waals surface area contributed by atoms with Crippen molar-refractivity contribution in [1.29, 1.82) is 0 Å². The molecule has 1 heterocycles. The minimum absolute atomic E-state index is 0.0478. The maximum absolute atomic E-state index is 12.4. The summed E-state index contributed by atoms with van der Waals surface area (Å²) in [5.41, 5.74) is 7.32. The van der Waals surface area contributed by atoms with Crippen LogP contribution < -0.4 is 5.73 Å². The SMILES string of the molecule is Cc1[nH]ncc1C(=O)N(C)C1CCCCC1CN. The molecule has 0 bridgehead atoms. The van der Waals surface area contributed by atoms with Crippen LogP contribution in [0.15, 0.2) is 6.20 Å². The second-order valence-electron chi connectivity index (χ2n) is 5.17. The number of nitrogens with one attached hydrogen (secondary N) is 1. The molecule has 2 atom stereocenters. The van der Waals surface area contributed by atoms with Gasteiger partial charge in [0.1, 0.15) is 0 Å². The van der Waals surface area contributed by atoms with Gasteiger partial charge >= 0.3 is 0 Å². The third-order valence-corrected chi connectivity index (χ3v) is 4.05. The highest BCUT2D eigenvalue weighted by Crippen LogP contribution is 2.28. The van der Waals surface area contributed by atoms with E-state index in [1.807, 2.05) is 18.9 Å². The van der Waals surface area contributed by atoms with Gasteiger partial charge in [0.15, 0.2) is 0 Å². The van der Waals surface area contributed by atoms with Gasteiger partial charge in [-0.15, -0.1) is 0 Å². The minimum Gasteiger partial charge on any atom is -0.338 e. The standard InChI is InChI=1S/C13H22N4O/c1-9-11(8-15-16-9)13(18)17(2)12-6-4-3-5-10(12)7-14/h8,10,12H,3-7,14H2,1-2H3,(H,15,16). The first-order chi connectivity index (χ1) is 8.65. The Morgan fingerprint density at radius 3 is 2.89 bits per heavy atom. The Morgan fingerprint density at radius 2 is 2.28 bits per heavy atom. The second kappa shape index (κ2) is 5.52. The number of H-pyrrole nitrogens is 1. The quantitative estimate of drug-likeness (QED) is 0.849. The van der Waals surface area contributed by atoms with E-state index in [9.17, 15) is 4.79 Å². The van der Waals surface area contributed by atoms with Gasteiger partial charge < -0.3 is 10.6 Å². The molecule has 5 heteroatoms. The first kappa shape index (κ1) is 13.1. The summed E-state index contributed by atoms with van der Waals surface area (Å²) < 4.78 is 0. The van der Waals surface area contributed by atoms with Crippen molar-refractivity contribution in [3.63, 3.8) is 0 Å². The van der Waals surface area contributed by atoms with Gasteiger partial charge in [-0.05, 0) is 32.2 Å². The van der Waals surface area contributed by atoms with Crippen LogP contribution >= 0.6 is 0 Å². The van der Waals surface area contributed by atoms with Crippen molar-refractivity contribution >= 4 is 5.91 Å². The third-order valence-electron chi connectivity index (χ3n) is 4.05. The smallest absolute Gasteiger partial charge is 0.257 e. The molecule has 0 saturated heterocycles. The van der Waals surface area contributed by atoms with Gasteiger partial charge in [-0.3, -0.25) is 9.89 Å². The lowest BCUT2D eigenvalue weighted by atomic mass is 9.83. The number of hydrogen-bond acceptors (Lipinski definition) is 3. The summed E-state index contributed by atoms with van der Waals surface area (Å²) >= 11 is 0. The summed E-state index contributed by atoms with van der Waals surface area (Å²) in [6.45, 7) is 2.53. The van der Waals surface area contributed by atoms with Gasteiger partial charge in [-0.25, -0.2) is 0 Å². The Balaban J connectivity index is 2.12. The first-order valence-electron chi connectivity index (χ1n) is 6.62. The van der Waals surface area contributed by atoms with Crippen molar-refractivity contribution < 1.29 is 4.79 Å². The molecule has 100 valence electrons. The molecule has 0 aliphatic heterocycles. The van der Waals surface area contributed by atoms with Crippen molar-refractivity contribution in [1.82, 2.24) is 15.1 Å². The molecule has 3 N–H and O–H groups in total. The summed E-state index contributed by atoms with van der Waals surface area (Å²) in [5, 5.41) is 6.72. The van der Waals surface area contributed by atoms with Crippen LogP contribution in [0.25, 0.3) is 0 Å². The fraction of sp³-hybridized carbons (Fsp3) is 0.692. The zero-order chi connectivity index (χ0) is 13.1. The largest absolute Gasteiger partial charge is 0.338 e. The molecular formula is C13H22N4O. The molecule has 0 aromatic carbocycles. The fourth-order valence-corrected chi connectivity index (χ4v) is 2.88. The van der Waals surface area contributed by atoms with Crippen LogP contribution in [0.2, 0.25) is 0 Å². The first-order valence-corrected chi connectivity index (χ1v) is 6.62. The molecule has 1 fully saturated rings. The molecule has 1 aromatic heterocycles. The van der Waals surface area contributed by atoms with Crippen molar-refractivity contribution in [2.45, 2.75) is 38.6 Å². The summed E-state index contributed by atoms with van der Waals surface area (Å²) in [5.74, 6) is 0.478. The Morgan fingerprint density at radius 1 is 1.56 bits per heavy atom. The predicted octanol–water partition coefficient (Wildman–Crippen LogP) is 1.31. The number of hydrogen-bond donors (Lipinski definition) is 2. The predicted molar refractivity (Wildman–Crippen MR) is 70.2 cm³/mol. The highest BCUT2D eigenvalue weighted by Gasteiger charge is 2.31. The number of aromatic amines is 1. The van der Waals surface area contributed by atoms with Gasteiger partial charge in [-0.1, -0.05) is 12.8 Å². The van der Waals surface area contributed by atoms with E-state index in [0.717, 1.165) is 18.5 Å². The number of rotatable bonds is 3. The Bertz CT molecular complexity index is 415. The molecule has 1 aliphatic rings. The molecule has 5 nitrogen and oxygen atoms in total. The summed E-state index contributed by atoms with van der Waals surface area (Å²) in [7, 11) is 1.88. The van der Waals surface area contributed by atoms with Gasteiger partial charge in [0.05, 0.1) is 11.8 Å². The lowest BCUT2D eigenvalue weighted by Crippen LogP contribution is -2.46. The Hall–Kier alpha value is -1.36. The van der Waals surface area contributed by atoms with Crippen molar-refractivity contribution in [3.05, 3.63) is 17.5 Å². The van der Waals surface area contributed by atoms with E-state index in [-0.39, 0.29) is 11.9 Å². The van der Waals surface area contributed by atoms with Crippen LogP contribution in [0.3, 0.4) is 0 Å². The number of nitrogens with two attached hydrogens (primary N) is 1. The molecule has 1 saturated carbocycles. The highest BCUT2D eigenvalue weighted by molar-refractivity contribution is 5.95. The second-order valence-corrected chi connectivity index (χ2v) is 5.17. The average molecular weight is 250 g/mol. The maximum Gasteiger partial charge on any atom is 0.257 e. The molecular weight excluding hydrogens is 228 g/mol. The lowest BCUT2D eigenvalue weighted by molar-refractivity contribution is 0.0619. The van der Waals surface area contributed by atoms with E-state index in [1.165, 1.54) is 12.8 Å². The topological polar surface area (TPSA) is 75.0 Å². The van der Waals surface area contributed by atoms with Crippen LogP contribution in [-0.2, 0) is 0 Å². The van der Waals surface area contributed by atoms with Gasteiger partial charge in [0.2, 0.25) is 0 Å². The van der Waals surface area contributed by atoms with E-state index in [2.05, 4.69) is 10.2 Å². The normalized spacial score (nSPS) is 23.9. The fourth-order valence-electron chi connectivity index (χ4n) is 2.88. The summed E-state index contributed by atoms with van der Waals surface area (Å²) in [6, 6.07) is 0.269. The van der Waals surface area contributed by atoms with E-state index in [1.54, 1.807) is 6.20 Å². The molecule has 2 unspecified atom stereocenters. The molecule has 0 spiro atoms. The van der Waals surface area contributed by atoms with Gasteiger partial charge in [-0.2, -0.15) is 5.10 Å². The highest BCUT2D eigenvalue weighted by atomic mass is 16.2. The zero-order valence-electron chi connectivity index (χ0n) is 11.1. The lowest BCUT2D eigenvalue weighted by Gasteiger charge is -2.37. The monoisotopic (exact) mass is 250 g/mol. The molecule has 18 heavy (non-hydrogen) atoms. The Kier molecular flexibility index (Phi) is 4.01. The average Bonchev–Trinajstić information content (AvgIpc) is 2.83. The molecule has 1 aromatic rings. The molecule has 2 rings (SSSR count). The van der Waals surface area contributed by atoms with Crippen molar-refractivity contribution in [2.75, 3.05) is 13.6 Å². The van der Waals surface area contributed by atoms with E-state index < -0.39 is 0 Å². The van der Waals surface area contributed by atoms with Gasteiger partial charge in [0.25, 0.3) is 5.91 Å². The van der Waals surface area contributed by atoms with Crippen LogP contribution in [0, 0.1) is 12.8 Å². The number of aryl methyl sites for hydroxylation is 1. The van der Waals surface area contributed by atoms with Crippen LogP contribution in [0.5, 0.6) is 0 Å². The minimum atomic E-state index is 0.0478. The number of aromatic nitrogens is 2. The van der Waals surface area contributed by atoms with Gasteiger partial charge in [0, 0.05) is 18.8 Å². The molecule has 1 aliphatic carbocycles. The van der Waals surface area contributed by atoms with E-state index in [4.69, 9.17) is 5.73 Å². The number of carbonyl (C=O) groups excluding carboxylic acids is 1. The van der Waals surface area contributed by atoms with Crippen LogP contribution in [-0.4, -0.2) is 40.6 Å². The number of nitrogens with zero attached hydrogens (tertiary/aromatic N) is 2. The van der Waals surface area contributed by atoms with E-state index in [0.29, 0.717) is 18.0 Å². The van der Waals surface area contributed by atoms with Crippen molar-refractivity contribution in [2.24, 2.45) is 11.7 Å². The van der Waals surface area contributed by atoms with Crippen molar-refractivity contribution in [3.8, 4) is 0 Å². The number of amides is 1. The maximum atomic E-state index is 12.4. The molecule has 0 radical (unpaired) electrons. The van der Waals surface area contributed by atoms with E-state index >= 15 is 0 Å². The zero-order valence-corrected chi connectivity index (χ0v) is 11.1. The Labute approximate surface area is 108 Å². The number of carbonyl (C=O) groups is 1. The molecule has 1 amide bonds. The summed E-state index contributed by atoms with van der Waals surface area (Å²) in [4.78, 5) is 14.3. The summed E-state index contributed by atoms with van der Waals surface area (Å²) in [6.07, 6.45) is 6.20. The third kappa shape index (κ3) is 2.41. The van der Waals surface area contributed by atoms with Crippen LogP contribution in [0.4, 0.5) is 0 Å². The van der Waals surface area contributed by atoms with Crippen LogP contribution in [0.1, 0.15) is 41.7 Å².